The van der Waals surface area contributed by atoms with Crippen LogP contribution in [-0.4, -0.2) is 60.0 Å². The minimum Gasteiger partial charge on any atom is -0.481 e. The van der Waals surface area contributed by atoms with E-state index in [-0.39, 0.29) is 31.6 Å². The molecule has 0 saturated heterocycles. The van der Waals surface area contributed by atoms with Gasteiger partial charge in [0.15, 0.2) is 6.29 Å². The zero-order valence-corrected chi connectivity index (χ0v) is 15.4. The Labute approximate surface area is 143 Å². The Morgan fingerprint density at radius 2 is 1.71 bits per heavy atom. The molecule has 0 heterocycles. The average molecular weight is 349 g/mol. The third-order valence-corrected chi connectivity index (χ3v) is 2.89. The van der Waals surface area contributed by atoms with Gasteiger partial charge < -0.3 is 29.7 Å². The Bertz CT molecular complexity index is 398. The number of rotatable bonds is 9. The summed E-state index contributed by atoms with van der Waals surface area (Å²) in [5.74, 6) is -1.00. The average Bonchev–Trinajstić information content (AvgIpc) is 2.38. The van der Waals surface area contributed by atoms with E-state index < -0.39 is 30.1 Å². The molecule has 142 valence electrons. The standard InChI is InChI=1S/C16H31NO7/c1-15(2,3)11(23-13(9-18)24-16(4,5)6)10-22-14(21)17-8-7-12(19)20/h11,13,18H,7-10H2,1-6H3,(H,17,21)(H,19,20). The second-order valence-corrected chi connectivity index (χ2v) is 7.50. The fourth-order valence-corrected chi connectivity index (χ4v) is 1.65. The lowest BCUT2D eigenvalue weighted by atomic mass is 9.89. The summed E-state index contributed by atoms with van der Waals surface area (Å²) in [4.78, 5) is 22.0. The van der Waals surface area contributed by atoms with Crippen molar-refractivity contribution < 1.29 is 34.0 Å². The number of hydrogen-bond acceptors (Lipinski definition) is 6. The molecule has 0 saturated carbocycles. The Kier molecular flexibility index (Phi) is 9.24. The lowest BCUT2D eigenvalue weighted by Gasteiger charge is -2.35. The second-order valence-electron chi connectivity index (χ2n) is 7.50. The summed E-state index contributed by atoms with van der Waals surface area (Å²) in [5.41, 5.74) is -0.860. The predicted molar refractivity (Wildman–Crippen MR) is 87.6 cm³/mol. The van der Waals surface area contributed by atoms with E-state index in [0.29, 0.717) is 0 Å². The zero-order chi connectivity index (χ0) is 19.0. The summed E-state index contributed by atoms with van der Waals surface area (Å²) < 4.78 is 16.5. The molecule has 0 fully saturated rings. The summed E-state index contributed by atoms with van der Waals surface area (Å²) in [7, 11) is 0. The number of amides is 1. The van der Waals surface area contributed by atoms with Crippen molar-refractivity contribution in [1.82, 2.24) is 5.32 Å². The monoisotopic (exact) mass is 349 g/mol. The molecule has 0 aromatic rings. The molecule has 1 amide bonds. The van der Waals surface area contributed by atoms with E-state index in [9.17, 15) is 14.7 Å². The van der Waals surface area contributed by atoms with Gasteiger partial charge in [0.1, 0.15) is 6.61 Å². The number of carboxylic acids is 1. The van der Waals surface area contributed by atoms with Gasteiger partial charge in [0.25, 0.3) is 0 Å². The van der Waals surface area contributed by atoms with Crippen LogP contribution in [0.4, 0.5) is 4.79 Å². The van der Waals surface area contributed by atoms with Crippen LogP contribution in [0.25, 0.3) is 0 Å². The molecule has 0 radical (unpaired) electrons. The highest BCUT2D eigenvalue weighted by atomic mass is 16.7. The highest BCUT2D eigenvalue weighted by molar-refractivity contribution is 5.70. The van der Waals surface area contributed by atoms with Crippen molar-refractivity contribution >= 4 is 12.1 Å². The van der Waals surface area contributed by atoms with Gasteiger partial charge in [-0.2, -0.15) is 0 Å². The number of carbonyl (C=O) groups excluding carboxylic acids is 1. The number of aliphatic carboxylic acids is 1. The quantitative estimate of drug-likeness (QED) is 0.543. The molecule has 2 unspecified atom stereocenters. The van der Waals surface area contributed by atoms with E-state index in [1.807, 2.05) is 41.5 Å². The minimum absolute atomic E-state index is 0.0123. The smallest absolute Gasteiger partial charge is 0.407 e. The number of alkyl carbamates (subject to hydrolysis) is 1. The van der Waals surface area contributed by atoms with Crippen LogP contribution in [0, 0.1) is 5.41 Å². The molecular weight excluding hydrogens is 318 g/mol. The van der Waals surface area contributed by atoms with Crippen LogP contribution >= 0.6 is 0 Å². The summed E-state index contributed by atoms with van der Waals surface area (Å²) >= 11 is 0. The maximum Gasteiger partial charge on any atom is 0.407 e. The molecule has 0 bridgehead atoms. The number of aliphatic hydroxyl groups is 1. The SMILES string of the molecule is CC(C)(C)OC(CO)OC(COC(=O)NCCC(=O)O)C(C)(C)C. The first-order valence-corrected chi connectivity index (χ1v) is 7.91. The number of carbonyl (C=O) groups is 2. The van der Waals surface area contributed by atoms with Crippen molar-refractivity contribution in [2.24, 2.45) is 5.41 Å². The van der Waals surface area contributed by atoms with Crippen molar-refractivity contribution in [3.63, 3.8) is 0 Å². The van der Waals surface area contributed by atoms with Crippen LogP contribution in [0.2, 0.25) is 0 Å². The summed E-state index contributed by atoms with van der Waals surface area (Å²) in [6, 6.07) is 0. The van der Waals surface area contributed by atoms with Gasteiger partial charge in [0.05, 0.1) is 24.7 Å². The topological polar surface area (TPSA) is 114 Å². The van der Waals surface area contributed by atoms with Gasteiger partial charge in [0, 0.05) is 6.54 Å². The highest BCUT2D eigenvalue weighted by Crippen LogP contribution is 2.25. The summed E-state index contributed by atoms with van der Waals surface area (Å²) in [5, 5.41) is 20.3. The Morgan fingerprint density at radius 3 is 2.12 bits per heavy atom. The van der Waals surface area contributed by atoms with E-state index >= 15 is 0 Å². The van der Waals surface area contributed by atoms with Gasteiger partial charge >= 0.3 is 12.1 Å². The second kappa shape index (κ2) is 9.80. The first-order chi connectivity index (χ1) is 10.8. The first kappa shape index (κ1) is 22.6. The highest BCUT2D eigenvalue weighted by Gasteiger charge is 2.31. The fourth-order valence-electron chi connectivity index (χ4n) is 1.65. The maximum atomic E-state index is 11.6. The number of aliphatic hydroxyl groups excluding tert-OH is 1. The fraction of sp³-hybridized carbons (Fsp3) is 0.875. The lowest BCUT2D eigenvalue weighted by Crippen LogP contribution is -2.42. The zero-order valence-electron chi connectivity index (χ0n) is 15.4. The van der Waals surface area contributed by atoms with Crippen LogP contribution in [0.5, 0.6) is 0 Å². The summed E-state index contributed by atoms with van der Waals surface area (Å²) in [6.45, 7) is 10.9. The molecule has 0 rings (SSSR count). The van der Waals surface area contributed by atoms with Gasteiger partial charge in [-0.05, 0) is 26.2 Å². The molecule has 24 heavy (non-hydrogen) atoms. The molecule has 8 heteroatoms. The van der Waals surface area contributed by atoms with E-state index in [0.717, 1.165) is 0 Å². The van der Waals surface area contributed by atoms with Crippen LogP contribution in [-0.2, 0) is 19.0 Å². The molecule has 3 N–H and O–H groups in total. The van der Waals surface area contributed by atoms with Gasteiger partial charge in [-0.15, -0.1) is 0 Å². The number of nitrogens with one attached hydrogen (secondary N) is 1. The first-order valence-electron chi connectivity index (χ1n) is 7.91. The molecule has 0 aliphatic rings. The third kappa shape index (κ3) is 11.2. The molecule has 0 aliphatic carbocycles. The number of carboxylic acid groups (broad SMARTS) is 1. The largest absolute Gasteiger partial charge is 0.481 e. The third-order valence-electron chi connectivity index (χ3n) is 2.89. The molecule has 0 spiro atoms. The normalized spacial score (nSPS) is 14.8. The van der Waals surface area contributed by atoms with E-state index in [1.165, 1.54) is 0 Å². The molecule has 8 nitrogen and oxygen atoms in total. The lowest BCUT2D eigenvalue weighted by molar-refractivity contribution is -0.247. The number of hydrogen-bond donors (Lipinski definition) is 3. The molecular formula is C16H31NO7. The molecule has 2 atom stereocenters. The van der Waals surface area contributed by atoms with Crippen LogP contribution in [0.15, 0.2) is 0 Å². The van der Waals surface area contributed by atoms with Crippen LogP contribution in [0.3, 0.4) is 0 Å². The predicted octanol–water partition coefficient (Wildman–Crippen LogP) is 1.75. The Hall–Kier alpha value is -1.38. The summed E-state index contributed by atoms with van der Waals surface area (Å²) in [6.07, 6.45) is -2.25. The van der Waals surface area contributed by atoms with Crippen LogP contribution < -0.4 is 5.32 Å². The van der Waals surface area contributed by atoms with E-state index in [2.05, 4.69) is 5.32 Å². The van der Waals surface area contributed by atoms with E-state index in [4.69, 9.17) is 19.3 Å². The molecule has 0 aromatic carbocycles. The Balaban J connectivity index is 4.57. The van der Waals surface area contributed by atoms with Crippen molar-refractivity contribution in [1.29, 1.82) is 0 Å². The van der Waals surface area contributed by atoms with Gasteiger partial charge in [-0.25, -0.2) is 4.79 Å². The van der Waals surface area contributed by atoms with Crippen molar-refractivity contribution in [2.75, 3.05) is 19.8 Å². The number of ether oxygens (including phenoxy) is 3. The van der Waals surface area contributed by atoms with Crippen molar-refractivity contribution in [3.05, 3.63) is 0 Å². The maximum absolute atomic E-state index is 11.6. The van der Waals surface area contributed by atoms with Crippen molar-refractivity contribution in [3.8, 4) is 0 Å². The molecule has 0 aromatic heterocycles. The van der Waals surface area contributed by atoms with Gasteiger partial charge in [-0.1, -0.05) is 20.8 Å². The van der Waals surface area contributed by atoms with Crippen molar-refractivity contribution in [2.45, 2.75) is 66.0 Å². The van der Waals surface area contributed by atoms with Gasteiger partial charge in [-0.3, -0.25) is 4.79 Å². The molecule has 0 aliphatic heterocycles. The Morgan fingerprint density at radius 1 is 1.12 bits per heavy atom. The minimum atomic E-state index is -1.00. The van der Waals surface area contributed by atoms with Crippen LogP contribution in [0.1, 0.15) is 48.0 Å². The van der Waals surface area contributed by atoms with Gasteiger partial charge in [0.2, 0.25) is 0 Å². The van der Waals surface area contributed by atoms with E-state index in [1.54, 1.807) is 0 Å².